The zero-order valence-electron chi connectivity index (χ0n) is 20.8. The molecule has 0 aliphatic rings. The predicted molar refractivity (Wildman–Crippen MR) is 153 cm³/mol. The van der Waals surface area contributed by atoms with Crippen molar-refractivity contribution in [3.05, 3.63) is 140 Å². The molecule has 0 aliphatic heterocycles. The van der Waals surface area contributed by atoms with Crippen LogP contribution in [0.2, 0.25) is 0 Å². The second kappa shape index (κ2) is 11.2. The topological polar surface area (TPSA) is 85.4 Å². The van der Waals surface area contributed by atoms with E-state index in [0.29, 0.717) is 11.3 Å². The number of H-pyrrole nitrogens is 1. The van der Waals surface area contributed by atoms with E-state index in [9.17, 15) is 14.7 Å². The first kappa shape index (κ1) is 25.0. The number of nitrogens with one attached hydrogen (secondary N) is 2. The molecule has 1 heterocycles. The lowest BCUT2D eigenvalue weighted by molar-refractivity contribution is 0.245. The van der Waals surface area contributed by atoms with Crippen LogP contribution in [0.25, 0.3) is 11.1 Å². The third kappa shape index (κ3) is 5.68. The van der Waals surface area contributed by atoms with Crippen molar-refractivity contribution < 1.29 is 9.90 Å². The van der Waals surface area contributed by atoms with E-state index in [-0.39, 0.29) is 22.8 Å². The van der Waals surface area contributed by atoms with Crippen molar-refractivity contribution in [2.45, 2.75) is 12.5 Å². The quantitative estimate of drug-likeness (QED) is 0.234. The molecular formula is C31H27N3O3S. The molecule has 0 aliphatic carbocycles. The van der Waals surface area contributed by atoms with Crippen LogP contribution in [0.3, 0.4) is 0 Å². The van der Waals surface area contributed by atoms with E-state index < -0.39 is 0 Å². The van der Waals surface area contributed by atoms with Gasteiger partial charge in [0.05, 0.1) is 10.9 Å². The van der Waals surface area contributed by atoms with Gasteiger partial charge in [0.2, 0.25) is 5.88 Å². The summed E-state index contributed by atoms with van der Waals surface area (Å²) in [4.78, 5) is 29.2. The fourth-order valence-corrected chi connectivity index (χ4v) is 5.11. The largest absolute Gasteiger partial charge is 0.494 e. The number of anilines is 1. The van der Waals surface area contributed by atoms with Crippen molar-refractivity contribution in [1.82, 2.24) is 10.3 Å². The number of carbonyl (C=O) groups excluding carboxylic acids is 1. The lowest BCUT2D eigenvalue weighted by atomic mass is 9.99. The van der Waals surface area contributed by atoms with E-state index in [1.54, 1.807) is 11.9 Å². The van der Waals surface area contributed by atoms with Crippen LogP contribution in [0.4, 0.5) is 10.5 Å². The fraction of sp³-hybridized carbons (Fsp3) is 0.0968. The van der Waals surface area contributed by atoms with Gasteiger partial charge >= 0.3 is 10.9 Å². The van der Waals surface area contributed by atoms with Gasteiger partial charge in [-0.1, -0.05) is 108 Å². The summed E-state index contributed by atoms with van der Waals surface area (Å²) in [6, 6.07) is 35.2. The molecule has 5 aromatic rings. The van der Waals surface area contributed by atoms with Gasteiger partial charge in [0.1, 0.15) is 0 Å². The first-order chi connectivity index (χ1) is 18.5. The van der Waals surface area contributed by atoms with Gasteiger partial charge in [-0.2, -0.15) is 0 Å². The molecule has 0 spiro atoms. The highest BCUT2D eigenvalue weighted by Crippen LogP contribution is 2.27. The van der Waals surface area contributed by atoms with E-state index in [1.807, 2.05) is 109 Å². The minimum Gasteiger partial charge on any atom is -0.494 e. The molecule has 0 bridgehead atoms. The van der Waals surface area contributed by atoms with Crippen LogP contribution in [0.15, 0.2) is 114 Å². The maximum atomic E-state index is 13.4. The van der Waals surface area contributed by atoms with Gasteiger partial charge in [-0.25, -0.2) is 4.79 Å². The molecule has 6 nitrogen and oxygen atoms in total. The first-order valence-corrected chi connectivity index (χ1v) is 13.0. The number of urea groups is 1. The van der Waals surface area contributed by atoms with E-state index >= 15 is 0 Å². The molecule has 2 amide bonds. The summed E-state index contributed by atoms with van der Waals surface area (Å²) >= 11 is 1.01. The Bertz CT molecular complexity index is 1540. The first-order valence-electron chi connectivity index (χ1n) is 12.2. The molecule has 0 saturated heterocycles. The average molecular weight is 522 g/mol. The van der Waals surface area contributed by atoms with Crippen molar-refractivity contribution >= 4 is 23.1 Å². The summed E-state index contributed by atoms with van der Waals surface area (Å²) in [5, 5.41) is 13.0. The molecule has 0 radical (unpaired) electrons. The zero-order valence-corrected chi connectivity index (χ0v) is 21.6. The molecule has 0 unspecified atom stereocenters. The Balaban J connectivity index is 1.33. The lowest BCUT2D eigenvalue weighted by Crippen LogP contribution is -2.39. The maximum absolute atomic E-state index is 13.4. The van der Waals surface area contributed by atoms with Gasteiger partial charge in [-0.05, 0) is 39.9 Å². The molecule has 7 heteroatoms. The van der Waals surface area contributed by atoms with Crippen LogP contribution >= 0.6 is 11.3 Å². The predicted octanol–water partition coefficient (Wildman–Crippen LogP) is 6.34. The van der Waals surface area contributed by atoms with E-state index in [1.165, 1.54) is 0 Å². The van der Waals surface area contributed by atoms with E-state index in [2.05, 4.69) is 10.3 Å². The number of thiazole rings is 1. The molecule has 0 saturated carbocycles. The van der Waals surface area contributed by atoms with Crippen molar-refractivity contribution in [2.75, 3.05) is 11.9 Å². The highest BCUT2D eigenvalue weighted by Gasteiger charge is 2.20. The zero-order chi connectivity index (χ0) is 26.5. The monoisotopic (exact) mass is 521 g/mol. The van der Waals surface area contributed by atoms with Crippen LogP contribution in [-0.2, 0) is 6.42 Å². The fourth-order valence-electron chi connectivity index (χ4n) is 4.35. The van der Waals surface area contributed by atoms with Crippen molar-refractivity contribution in [2.24, 2.45) is 0 Å². The van der Waals surface area contributed by atoms with Gasteiger partial charge in [0.25, 0.3) is 0 Å². The Morgan fingerprint density at radius 1 is 0.868 bits per heavy atom. The van der Waals surface area contributed by atoms with Crippen LogP contribution in [0.5, 0.6) is 5.88 Å². The molecule has 38 heavy (non-hydrogen) atoms. The molecule has 190 valence electrons. The number of hydrogen-bond donors (Lipinski definition) is 3. The number of aromatic hydroxyl groups is 1. The third-order valence-corrected chi connectivity index (χ3v) is 7.30. The summed E-state index contributed by atoms with van der Waals surface area (Å²) in [5.74, 6) is -0.0696. The molecule has 3 N–H and O–H groups in total. The Labute approximate surface area is 224 Å². The summed E-state index contributed by atoms with van der Waals surface area (Å²) in [5.41, 5.74) is 5.75. The number of hydrogen-bond acceptors (Lipinski definition) is 4. The summed E-state index contributed by atoms with van der Waals surface area (Å²) in [6.45, 7) is 0. The molecule has 4 aromatic carbocycles. The second-order valence-electron chi connectivity index (χ2n) is 8.97. The van der Waals surface area contributed by atoms with Crippen LogP contribution in [0.1, 0.15) is 27.6 Å². The molecule has 0 atom stereocenters. The SMILES string of the molecule is CN(C(=O)NC(c1ccccc1)c1ccccc1)c1cccc(-c2ccc(Cc3sc(=O)[nH]c3O)cc2)c1. The van der Waals surface area contributed by atoms with Crippen LogP contribution in [0, 0.1) is 0 Å². The number of nitrogens with zero attached hydrogens (tertiary/aromatic N) is 1. The van der Waals surface area contributed by atoms with Gasteiger partial charge in [-0.15, -0.1) is 0 Å². The average Bonchev–Trinajstić information content (AvgIpc) is 3.28. The number of aromatic amines is 1. The third-order valence-electron chi connectivity index (χ3n) is 6.42. The highest BCUT2D eigenvalue weighted by molar-refractivity contribution is 7.09. The van der Waals surface area contributed by atoms with Gasteiger partial charge < -0.3 is 10.4 Å². The molecule has 5 rings (SSSR count). The Hall–Kier alpha value is -4.62. The summed E-state index contributed by atoms with van der Waals surface area (Å²) < 4.78 is 0. The minimum atomic E-state index is -0.277. The summed E-state index contributed by atoms with van der Waals surface area (Å²) in [7, 11) is 1.76. The standard InChI is InChI=1S/C31H27N3O3S/c1-34(30(36)32-28(23-9-4-2-5-10-23)24-11-6-3-7-12-24)26-14-8-13-25(20-26)22-17-15-21(16-18-22)19-27-29(35)33-31(37)38-27/h2-18,20,28,35H,19H2,1H3,(H,32,36)(H,33,37). The summed E-state index contributed by atoms with van der Waals surface area (Å²) in [6.07, 6.45) is 0.475. The van der Waals surface area contributed by atoms with Crippen molar-refractivity contribution in [3.8, 4) is 17.0 Å². The number of aromatic nitrogens is 1. The van der Waals surface area contributed by atoms with Crippen LogP contribution < -0.4 is 15.1 Å². The highest BCUT2D eigenvalue weighted by atomic mass is 32.1. The van der Waals surface area contributed by atoms with Crippen LogP contribution in [-0.4, -0.2) is 23.2 Å². The molecule has 0 fully saturated rings. The second-order valence-corrected chi connectivity index (χ2v) is 10.0. The van der Waals surface area contributed by atoms with Gasteiger partial charge in [0.15, 0.2) is 0 Å². The molecule has 1 aromatic heterocycles. The Morgan fingerprint density at radius 2 is 1.50 bits per heavy atom. The number of amides is 2. The van der Waals surface area contributed by atoms with E-state index in [0.717, 1.165) is 44.8 Å². The smallest absolute Gasteiger partial charge is 0.322 e. The minimum absolute atomic E-state index is 0.0696. The van der Waals surface area contributed by atoms with Gasteiger partial charge in [0, 0.05) is 19.2 Å². The Kier molecular flexibility index (Phi) is 7.38. The number of rotatable bonds is 7. The molecular weight excluding hydrogens is 494 g/mol. The Morgan fingerprint density at radius 3 is 2.08 bits per heavy atom. The van der Waals surface area contributed by atoms with Crippen molar-refractivity contribution in [1.29, 1.82) is 0 Å². The number of benzene rings is 4. The number of carbonyl (C=O) groups is 1. The normalized spacial score (nSPS) is 10.9. The van der Waals surface area contributed by atoms with Gasteiger partial charge in [-0.3, -0.25) is 14.7 Å². The lowest BCUT2D eigenvalue weighted by Gasteiger charge is -2.25. The van der Waals surface area contributed by atoms with Crippen molar-refractivity contribution in [3.63, 3.8) is 0 Å². The maximum Gasteiger partial charge on any atom is 0.322 e. The van der Waals surface area contributed by atoms with E-state index in [4.69, 9.17) is 0 Å².